The summed E-state index contributed by atoms with van der Waals surface area (Å²) < 4.78 is 0. The van der Waals surface area contributed by atoms with Crippen LogP contribution in [0.2, 0.25) is 0 Å². The van der Waals surface area contributed by atoms with Gasteiger partial charge in [0.2, 0.25) is 5.91 Å². The van der Waals surface area contributed by atoms with Crippen molar-refractivity contribution < 1.29 is 19.8 Å². The normalized spacial score (nSPS) is 11.9. The number of nitrogens with zero attached hydrogens (tertiary/aromatic N) is 1. The third-order valence-electron chi connectivity index (χ3n) is 2.43. The lowest BCUT2D eigenvalue weighted by Crippen LogP contribution is -2.45. The van der Waals surface area contributed by atoms with Crippen molar-refractivity contribution in [3.8, 4) is 0 Å². The molecule has 0 saturated carbocycles. The molecule has 1 amide bonds. The topological polar surface area (TPSA) is 77.8 Å². The maximum absolute atomic E-state index is 11.4. The number of carboxylic acid groups (broad SMARTS) is 1. The van der Waals surface area contributed by atoms with E-state index >= 15 is 0 Å². The van der Waals surface area contributed by atoms with Crippen LogP contribution in [-0.2, 0) is 16.1 Å². The summed E-state index contributed by atoms with van der Waals surface area (Å²) >= 11 is 0. The molecule has 0 saturated heterocycles. The molecule has 1 aromatic carbocycles. The van der Waals surface area contributed by atoms with E-state index < -0.39 is 18.6 Å². The molecule has 0 bridgehead atoms. The van der Waals surface area contributed by atoms with Crippen LogP contribution in [0.15, 0.2) is 30.3 Å². The Hall–Kier alpha value is -1.88. The summed E-state index contributed by atoms with van der Waals surface area (Å²) in [4.78, 5) is 23.5. The molecule has 5 heteroatoms. The Bertz CT molecular complexity index is 391. The first kappa shape index (κ1) is 13.2. The number of hydrogen-bond acceptors (Lipinski definition) is 3. The zero-order valence-corrected chi connectivity index (χ0v) is 9.54. The monoisotopic (exact) mass is 237 g/mol. The van der Waals surface area contributed by atoms with E-state index in [1.54, 1.807) is 12.1 Å². The van der Waals surface area contributed by atoms with Gasteiger partial charge in [-0.1, -0.05) is 30.3 Å². The maximum Gasteiger partial charge on any atom is 0.328 e. The van der Waals surface area contributed by atoms with Crippen LogP contribution >= 0.6 is 0 Å². The number of amides is 1. The molecule has 0 fully saturated rings. The molecule has 0 unspecified atom stereocenters. The molecular formula is C12H15NO4. The molecule has 2 N–H and O–H groups in total. The van der Waals surface area contributed by atoms with E-state index in [-0.39, 0.29) is 12.5 Å². The van der Waals surface area contributed by atoms with Crippen LogP contribution in [0.1, 0.15) is 12.5 Å². The first-order valence-electron chi connectivity index (χ1n) is 5.21. The van der Waals surface area contributed by atoms with Crippen molar-refractivity contribution in [1.82, 2.24) is 4.90 Å². The number of rotatable bonds is 5. The van der Waals surface area contributed by atoms with Gasteiger partial charge < -0.3 is 15.1 Å². The van der Waals surface area contributed by atoms with E-state index in [4.69, 9.17) is 10.2 Å². The van der Waals surface area contributed by atoms with Crippen molar-refractivity contribution in [3.63, 3.8) is 0 Å². The largest absolute Gasteiger partial charge is 0.480 e. The van der Waals surface area contributed by atoms with Gasteiger partial charge in [0.1, 0.15) is 0 Å². The third-order valence-corrected chi connectivity index (χ3v) is 2.43. The number of aliphatic carboxylic acids is 1. The molecular weight excluding hydrogens is 222 g/mol. The van der Waals surface area contributed by atoms with E-state index in [0.717, 1.165) is 10.5 Å². The summed E-state index contributed by atoms with van der Waals surface area (Å²) in [7, 11) is 0. The highest BCUT2D eigenvalue weighted by molar-refractivity contribution is 5.82. The molecule has 0 aliphatic carbocycles. The van der Waals surface area contributed by atoms with Gasteiger partial charge in [-0.15, -0.1) is 0 Å². The average Bonchev–Trinajstić information content (AvgIpc) is 2.29. The number of carbonyl (C=O) groups is 2. The van der Waals surface area contributed by atoms with Crippen molar-refractivity contribution in [2.45, 2.75) is 19.5 Å². The third kappa shape index (κ3) is 3.57. The number of carboxylic acids is 1. The SMILES string of the molecule is CC(=O)N(Cc1ccccc1)[C@H](CO)C(=O)O. The Morgan fingerprint density at radius 3 is 2.29 bits per heavy atom. The van der Waals surface area contributed by atoms with Crippen molar-refractivity contribution in [2.24, 2.45) is 0 Å². The molecule has 0 aliphatic rings. The fourth-order valence-corrected chi connectivity index (χ4v) is 1.53. The minimum atomic E-state index is -1.21. The first-order valence-corrected chi connectivity index (χ1v) is 5.21. The van der Waals surface area contributed by atoms with Crippen LogP contribution in [-0.4, -0.2) is 39.6 Å². The van der Waals surface area contributed by atoms with E-state index in [1.165, 1.54) is 6.92 Å². The highest BCUT2D eigenvalue weighted by Gasteiger charge is 2.26. The highest BCUT2D eigenvalue weighted by atomic mass is 16.4. The Morgan fingerprint density at radius 2 is 1.88 bits per heavy atom. The van der Waals surface area contributed by atoms with Crippen LogP contribution in [0.4, 0.5) is 0 Å². The fraction of sp³-hybridized carbons (Fsp3) is 0.333. The number of benzene rings is 1. The van der Waals surface area contributed by atoms with Gasteiger partial charge in [0.25, 0.3) is 0 Å². The Balaban J connectivity index is 2.87. The van der Waals surface area contributed by atoms with Gasteiger partial charge >= 0.3 is 5.97 Å². The number of hydrogen-bond donors (Lipinski definition) is 2. The smallest absolute Gasteiger partial charge is 0.328 e. The Kier molecular flexibility index (Phi) is 4.66. The second-order valence-corrected chi connectivity index (χ2v) is 3.67. The predicted molar refractivity (Wildman–Crippen MR) is 61.2 cm³/mol. The maximum atomic E-state index is 11.4. The number of carbonyl (C=O) groups excluding carboxylic acids is 1. The molecule has 0 aliphatic heterocycles. The minimum Gasteiger partial charge on any atom is -0.480 e. The zero-order valence-electron chi connectivity index (χ0n) is 9.54. The van der Waals surface area contributed by atoms with Gasteiger partial charge in [-0.2, -0.15) is 0 Å². The summed E-state index contributed by atoms with van der Waals surface area (Å²) in [5.41, 5.74) is 0.822. The highest BCUT2D eigenvalue weighted by Crippen LogP contribution is 2.09. The van der Waals surface area contributed by atoms with Crippen molar-refractivity contribution in [1.29, 1.82) is 0 Å². The standard InChI is InChI=1S/C12H15NO4/c1-9(15)13(11(8-14)12(16)17)7-10-5-3-2-4-6-10/h2-6,11,14H,7-8H2,1H3,(H,16,17)/t11-/m1/s1. The summed E-state index contributed by atoms with van der Waals surface area (Å²) in [6.07, 6.45) is 0. The van der Waals surface area contributed by atoms with Gasteiger partial charge in [0, 0.05) is 13.5 Å². The van der Waals surface area contributed by atoms with E-state index in [9.17, 15) is 9.59 Å². The van der Waals surface area contributed by atoms with Crippen LogP contribution in [0, 0.1) is 0 Å². The second-order valence-electron chi connectivity index (χ2n) is 3.67. The summed E-state index contributed by atoms with van der Waals surface area (Å²) in [6.45, 7) is 0.865. The van der Waals surface area contributed by atoms with Crippen LogP contribution < -0.4 is 0 Å². The molecule has 1 rings (SSSR count). The second kappa shape index (κ2) is 6.00. The molecule has 0 heterocycles. The van der Waals surface area contributed by atoms with E-state index in [0.29, 0.717) is 0 Å². The first-order chi connectivity index (χ1) is 8.06. The lowest BCUT2D eigenvalue weighted by Gasteiger charge is -2.26. The van der Waals surface area contributed by atoms with Crippen molar-refractivity contribution >= 4 is 11.9 Å². The molecule has 0 aromatic heterocycles. The van der Waals surface area contributed by atoms with Gasteiger partial charge in [-0.3, -0.25) is 4.79 Å². The van der Waals surface area contributed by atoms with Crippen LogP contribution in [0.25, 0.3) is 0 Å². The molecule has 0 radical (unpaired) electrons. The lowest BCUT2D eigenvalue weighted by atomic mass is 10.1. The number of aliphatic hydroxyl groups is 1. The fourth-order valence-electron chi connectivity index (χ4n) is 1.53. The predicted octanol–water partition coefficient (Wildman–Crippen LogP) is 0.481. The summed E-state index contributed by atoms with van der Waals surface area (Å²) in [5.74, 6) is -1.59. The van der Waals surface area contributed by atoms with E-state index in [1.807, 2.05) is 18.2 Å². The molecule has 0 spiro atoms. The molecule has 1 atom stereocenters. The molecule has 92 valence electrons. The molecule has 5 nitrogen and oxygen atoms in total. The average molecular weight is 237 g/mol. The van der Waals surface area contributed by atoms with Crippen LogP contribution in [0.5, 0.6) is 0 Å². The van der Waals surface area contributed by atoms with Crippen molar-refractivity contribution in [3.05, 3.63) is 35.9 Å². The number of aliphatic hydroxyl groups excluding tert-OH is 1. The zero-order chi connectivity index (χ0) is 12.8. The van der Waals surface area contributed by atoms with Gasteiger partial charge in [0.05, 0.1) is 6.61 Å². The molecule has 1 aromatic rings. The summed E-state index contributed by atoms with van der Waals surface area (Å²) in [6, 6.07) is 7.85. The van der Waals surface area contributed by atoms with Gasteiger partial charge in [0.15, 0.2) is 6.04 Å². The Morgan fingerprint density at radius 1 is 1.29 bits per heavy atom. The lowest BCUT2D eigenvalue weighted by molar-refractivity contribution is -0.151. The minimum absolute atomic E-state index is 0.174. The van der Waals surface area contributed by atoms with Gasteiger partial charge in [-0.05, 0) is 5.56 Å². The molecule has 17 heavy (non-hydrogen) atoms. The van der Waals surface area contributed by atoms with Gasteiger partial charge in [-0.25, -0.2) is 4.79 Å². The quantitative estimate of drug-likeness (QED) is 0.780. The Labute approximate surface area is 99.3 Å². The van der Waals surface area contributed by atoms with Crippen LogP contribution in [0.3, 0.4) is 0 Å². The summed E-state index contributed by atoms with van der Waals surface area (Å²) in [5, 5.41) is 17.9. The van der Waals surface area contributed by atoms with Crippen molar-refractivity contribution in [2.75, 3.05) is 6.61 Å². The van der Waals surface area contributed by atoms with E-state index in [2.05, 4.69) is 0 Å².